The number of nitrogens with zero attached hydrogens (tertiary/aromatic N) is 1. The number of fused-ring (bicyclic) bond motifs is 1. The summed E-state index contributed by atoms with van der Waals surface area (Å²) >= 11 is 1.81. The lowest BCUT2D eigenvalue weighted by Gasteiger charge is -1.83. The largest absolute Gasteiger partial charge is 0.296 e. The minimum Gasteiger partial charge on any atom is -0.296 e. The van der Waals surface area contributed by atoms with Crippen LogP contribution in [0, 0.1) is 0 Å². The van der Waals surface area contributed by atoms with Crippen LogP contribution >= 0.6 is 11.8 Å². The molecule has 0 radical (unpaired) electrons. The first kappa shape index (κ1) is 5.97. The molecule has 0 saturated heterocycles. The number of aldehydes is 1. The smallest absolute Gasteiger partial charge is 0.170 e. The normalized spacial score (nSPS) is 15.2. The predicted octanol–water partition coefficient (Wildman–Crippen LogP) is 0.969. The van der Waals surface area contributed by atoms with E-state index in [0.717, 1.165) is 29.0 Å². The molecule has 0 aromatic carbocycles. The van der Waals surface area contributed by atoms with Gasteiger partial charge in [0.25, 0.3) is 0 Å². The van der Waals surface area contributed by atoms with Crippen LogP contribution in [0.1, 0.15) is 21.7 Å². The van der Waals surface area contributed by atoms with Crippen LogP contribution in [0.25, 0.3) is 0 Å². The van der Waals surface area contributed by atoms with Gasteiger partial charge in [-0.05, 0) is 0 Å². The summed E-state index contributed by atoms with van der Waals surface area (Å²) in [6.45, 7) is 0. The van der Waals surface area contributed by atoms with Crippen molar-refractivity contribution in [1.29, 1.82) is 0 Å². The summed E-state index contributed by atoms with van der Waals surface area (Å²) in [5.74, 6) is 1.90. The van der Waals surface area contributed by atoms with Crippen LogP contribution in [-0.4, -0.2) is 16.5 Å². The van der Waals surface area contributed by atoms with Gasteiger partial charge in [-0.25, -0.2) is 0 Å². The first-order valence-electron chi connectivity index (χ1n) is 3.01. The van der Waals surface area contributed by atoms with Gasteiger partial charge in [-0.1, -0.05) is 0 Å². The molecule has 0 atom stereocenters. The third kappa shape index (κ3) is 0.686. The fraction of sp³-hybridized carbons (Fsp3) is 0.333. The van der Waals surface area contributed by atoms with Gasteiger partial charge < -0.3 is 0 Å². The van der Waals surface area contributed by atoms with Crippen LogP contribution in [0.3, 0.4) is 0 Å². The Labute approximate surface area is 62.2 Å². The summed E-state index contributed by atoms with van der Waals surface area (Å²) in [7, 11) is 0. The molecule has 0 bridgehead atoms. The number of thioether (sulfide) groups is 1. The Hall–Kier alpha value is -0.770. The average molecular weight is 154 g/mol. The highest BCUT2D eigenvalue weighted by atomic mass is 32.2. The zero-order valence-electron chi connectivity index (χ0n) is 5.26. The van der Waals surface area contributed by atoms with E-state index >= 15 is 0 Å². The van der Waals surface area contributed by atoms with Gasteiger partial charge in [-0.15, -0.1) is 0 Å². The molecular weight excluding hydrogens is 148 g/mol. The quantitative estimate of drug-likeness (QED) is 0.613. The van der Waals surface area contributed by atoms with E-state index in [1.165, 1.54) is 0 Å². The molecule has 0 fully saturated rings. The highest BCUT2D eigenvalue weighted by molar-refractivity contribution is 7.98. The summed E-state index contributed by atoms with van der Waals surface area (Å²) < 4.78 is 0. The van der Waals surface area contributed by atoms with Gasteiger partial charge in [0.05, 0.1) is 0 Å². The van der Waals surface area contributed by atoms with Crippen LogP contribution in [0.2, 0.25) is 0 Å². The SMILES string of the molecule is O=Cc1n[nH]c2c1CSC2. The molecule has 4 heteroatoms. The zero-order valence-corrected chi connectivity index (χ0v) is 6.07. The Morgan fingerprint density at radius 3 is 3.30 bits per heavy atom. The fourth-order valence-corrected chi connectivity index (χ4v) is 2.12. The molecule has 1 aliphatic heterocycles. The highest BCUT2D eigenvalue weighted by Gasteiger charge is 2.17. The molecule has 0 spiro atoms. The standard InChI is InChI=1S/C6H6N2OS/c9-1-5-4-2-10-3-6(4)8-7-5/h1H,2-3H2,(H,7,8). The van der Waals surface area contributed by atoms with Crippen LogP contribution in [0.4, 0.5) is 0 Å². The maximum absolute atomic E-state index is 10.3. The Morgan fingerprint density at radius 1 is 1.60 bits per heavy atom. The second-order valence-electron chi connectivity index (χ2n) is 2.18. The lowest BCUT2D eigenvalue weighted by molar-refractivity contribution is 0.111. The Kier molecular flexibility index (Phi) is 1.27. The van der Waals surface area contributed by atoms with Crippen LogP contribution in [0.5, 0.6) is 0 Å². The second kappa shape index (κ2) is 2.12. The molecule has 52 valence electrons. The lowest BCUT2D eigenvalue weighted by atomic mass is 10.2. The number of H-pyrrole nitrogens is 1. The number of hydrogen-bond acceptors (Lipinski definition) is 3. The molecular formula is C6H6N2OS. The minimum absolute atomic E-state index is 0.583. The van der Waals surface area contributed by atoms with E-state index in [9.17, 15) is 4.79 Å². The molecule has 1 N–H and O–H groups in total. The number of nitrogens with one attached hydrogen (secondary N) is 1. The van der Waals surface area contributed by atoms with E-state index in [0.29, 0.717) is 5.69 Å². The topological polar surface area (TPSA) is 45.8 Å². The molecule has 0 amide bonds. The molecule has 0 unspecified atom stereocenters. The minimum atomic E-state index is 0.583. The highest BCUT2D eigenvalue weighted by Crippen LogP contribution is 2.29. The van der Waals surface area contributed by atoms with Crippen molar-refractivity contribution in [3.8, 4) is 0 Å². The van der Waals surface area contributed by atoms with E-state index < -0.39 is 0 Å². The lowest BCUT2D eigenvalue weighted by Crippen LogP contribution is -1.84. The summed E-state index contributed by atoms with van der Waals surface area (Å²) in [6.07, 6.45) is 0.807. The predicted molar refractivity (Wildman–Crippen MR) is 39.0 cm³/mol. The summed E-state index contributed by atoms with van der Waals surface area (Å²) in [6, 6.07) is 0. The zero-order chi connectivity index (χ0) is 6.97. The number of aromatic amines is 1. The van der Waals surface area contributed by atoms with Gasteiger partial charge in [-0.2, -0.15) is 16.9 Å². The van der Waals surface area contributed by atoms with Crippen molar-refractivity contribution in [2.75, 3.05) is 0 Å². The molecule has 3 nitrogen and oxygen atoms in total. The summed E-state index contributed by atoms with van der Waals surface area (Å²) in [4.78, 5) is 10.3. The molecule has 1 aromatic rings. The van der Waals surface area contributed by atoms with Crippen molar-refractivity contribution in [3.63, 3.8) is 0 Å². The Balaban J connectivity index is 2.53. The van der Waals surface area contributed by atoms with E-state index in [-0.39, 0.29) is 0 Å². The molecule has 0 saturated carbocycles. The van der Waals surface area contributed by atoms with E-state index in [1.807, 2.05) is 11.8 Å². The third-order valence-electron chi connectivity index (χ3n) is 1.59. The molecule has 1 aliphatic rings. The fourth-order valence-electron chi connectivity index (χ4n) is 1.05. The van der Waals surface area contributed by atoms with Gasteiger partial charge in [-0.3, -0.25) is 9.89 Å². The molecule has 0 aliphatic carbocycles. The van der Waals surface area contributed by atoms with Gasteiger partial charge in [0.1, 0.15) is 5.69 Å². The second-order valence-corrected chi connectivity index (χ2v) is 3.16. The van der Waals surface area contributed by atoms with Crippen LogP contribution in [-0.2, 0) is 11.5 Å². The third-order valence-corrected chi connectivity index (χ3v) is 2.57. The molecule has 1 aromatic heterocycles. The summed E-state index contributed by atoms with van der Waals surface area (Å²) in [5, 5.41) is 6.68. The molecule has 2 rings (SSSR count). The van der Waals surface area contributed by atoms with Gasteiger partial charge in [0.15, 0.2) is 6.29 Å². The van der Waals surface area contributed by atoms with E-state index in [2.05, 4.69) is 10.2 Å². The van der Waals surface area contributed by atoms with Crippen molar-refractivity contribution in [1.82, 2.24) is 10.2 Å². The molecule has 2 heterocycles. The van der Waals surface area contributed by atoms with Crippen LogP contribution in [0.15, 0.2) is 0 Å². The number of aromatic nitrogens is 2. The van der Waals surface area contributed by atoms with Crippen molar-refractivity contribution in [2.45, 2.75) is 11.5 Å². The number of carbonyl (C=O) groups excluding carboxylic acids is 1. The van der Waals surface area contributed by atoms with Gasteiger partial charge in [0.2, 0.25) is 0 Å². The first-order chi connectivity index (χ1) is 4.92. The monoisotopic (exact) mass is 154 g/mol. The van der Waals surface area contributed by atoms with Crippen molar-refractivity contribution in [3.05, 3.63) is 17.0 Å². The number of carbonyl (C=O) groups is 1. The Bertz CT molecular complexity index is 269. The first-order valence-corrected chi connectivity index (χ1v) is 4.16. The maximum Gasteiger partial charge on any atom is 0.170 e. The van der Waals surface area contributed by atoms with Gasteiger partial charge in [0, 0.05) is 22.8 Å². The van der Waals surface area contributed by atoms with Crippen molar-refractivity contribution in [2.24, 2.45) is 0 Å². The van der Waals surface area contributed by atoms with Crippen molar-refractivity contribution >= 4 is 18.0 Å². The van der Waals surface area contributed by atoms with Crippen LogP contribution < -0.4 is 0 Å². The van der Waals surface area contributed by atoms with E-state index in [1.54, 1.807) is 0 Å². The average Bonchev–Trinajstić information content (AvgIpc) is 2.44. The van der Waals surface area contributed by atoms with Crippen molar-refractivity contribution < 1.29 is 4.79 Å². The molecule has 10 heavy (non-hydrogen) atoms. The van der Waals surface area contributed by atoms with Gasteiger partial charge >= 0.3 is 0 Å². The Morgan fingerprint density at radius 2 is 2.50 bits per heavy atom. The van der Waals surface area contributed by atoms with E-state index in [4.69, 9.17) is 0 Å². The number of hydrogen-bond donors (Lipinski definition) is 1. The summed E-state index contributed by atoms with van der Waals surface area (Å²) in [5.41, 5.74) is 2.80. The number of rotatable bonds is 1. The maximum atomic E-state index is 10.3.